The minimum Gasteiger partial charge on any atom is -0.378 e. The van der Waals surface area contributed by atoms with E-state index < -0.39 is 5.54 Å². The van der Waals surface area contributed by atoms with Crippen molar-refractivity contribution in [3.05, 3.63) is 0 Å². The Morgan fingerprint density at radius 1 is 1.26 bits per heavy atom. The molecule has 2 rings (SSSR count). The van der Waals surface area contributed by atoms with Crippen LogP contribution in [0.15, 0.2) is 0 Å². The fourth-order valence-electron chi connectivity index (χ4n) is 3.49. The van der Waals surface area contributed by atoms with Gasteiger partial charge >= 0.3 is 0 Å². The van der Waals surface area contributed by atoms with Crippen LogP contribution < -0.4 is 11.1 Å². The van der Waals surface area contributed by atoms with Crippen LogP contribution in [0.5, 0.6) is 0 Å². The van der Waals surface area contributed by atoms with Crippen LogP contribution in [0.3, 0.4) is 0 Å². The molecule has 1 heterocycles. The average molecular weight is 370 g/mol. The molecule has 23 heavy (non-hydrogen) atoms. The van der Waals surface area contributed by atoms with Crippen molar-refractivity contribution in [1.82, 2.24) is 10.2 Å². The molecule has 0 aromatic rings. The van der Waals surface area contributed by atoms with Gasteiger partial charge in [-0.3, -0.25) is 4.79 Å². The van der Waals surface area contributed by atoms with E-state index in [0.29, 0.717) is 19.6 Å². The number of ether oxygens (including phenoxy) is 1. The van der Waals surface area contributed by atoms with Crippen LogP contribution in [0.1, 0.15) is 46.5 Å². The molecule has 0 spiro atoms. The van der Waals surface area contributed by atoms with Crippen molar-refractivity contribution in [1.29, 1.82) is 0 Å². The Kier molecular flexibility index (Phi) is 9.39. The van der Waals surface area contributed by atoms with Gasteiger partial charge < -0.3 is 20.7 Å². The predicted molar refractivity (Wildman–Crippen MR) is 98.5 cm³/mol. The number of hydrogen-bond acceptors (Lipinski definition) is 4. The normalized spacial score (nSPS) is 29.7. The zero-order valence-electron chi connectivity index (χ0n) is 14.6. The first-order valence-corrected chi connectivity index (χ1v) is 8.33. The Bertz CT molecular complexity index is 376. The number of hydrogen-bond donors (Lipinski definition) is 2. The Hall–Kier alpha value is -0.0700. The fourth-order valence-corrected chi connectivity index (χ4v) is 3.49. The number of amides is 1. The SMILES string of the molecule is CCOC1CC(N)(C(=O)NCCN2CCCCC2)C1(C)C.Cl.Cl. The van der Waals surface area contributed by atoms with Crippen LogP contribution in [-0.2, 0) is 9.53 Å². The largest absolute Gasteiger partial charge is 0.378 e. The molecule has 1 amide bonds. The molecule has 0 aromatic heterocycles. The smallest absolute Gasteiger partial charge is 0.240 e. The van der Waals surface area contributed by atoms with Gasteiger partial charge in [0, 0.05) is 31.5 Å². The van der Waals surface area contributed by atoms with E-state index in [9.17, 15) is 4.79 Å². The fraction of sp³-hybridized carbons (Fsp3) is 0.938. The lowest BCUT2D eigenvalue weighted by Gasteiger charge is -2.57. The molecule has 2 atom stereocenters. The lowest BCUT2D eigenvalue weighted by molar-refractivity contribution is -0.170. The van der Waals surface area contributed by atoms with E-state index in [1.807, 2.05) is 20.8 Å². The van der Waals surface area contributed by atoms with Crippen LogP contribution in [0.2, 0.25) is 0 Å². The number of carbonyl (C=O) groups excluding carboxylic acids is 1. The second-order valence-corrected chi connectivity index (χ2v) is 7.00. The van der Waals surface area contributed by atoms with Gasteiger partial charge in [-0.15, -0.1) is 24.8 Å². The molecule has 1 aliphatic carbocycles. The third-order valence-corrected chi connectivity index (χ3v) is 5.40. The lowest BCUT2D eigenvalue weighted by Crippen LogP contribution is -2.75. The summed E-state index contributed by atoms with van der Waals surface area (Å²) in [6, 6.07) is 0. The van der Waals surface area contributed by atoms with E-state index in [1.54, 1.807) is 0 Å². The van der Waals surface area contributed by atoms with E-state index in [2.05, 4.69) is 10.2 Å². The zero-order valence-corrected chi connectivity index (χ0v) is 16.2. The summed E-state index contributed by atoms with van der Waals surface area (Å²) in [4.78, 5) is 14.9. The average Bonchev–Trinajstić information content (AvgIpc) is 2.47. The van der Waals surface area contributed by atoms with Crippen molar-refractivity contribution in [2.75, 3.05) is 32.8 Å². The first kappa shape index (κ1) is 22.9. The van der Waals surface area contributed by atoms with Crippen LogP contribution in [0, 0.1) is 5.41 Å². The summed E-state index contributed by atoms with van der Waals surface area (Å²) in [6.45, 7) is 10.6. The first-order valence-electron chi connectivity index (χ1n) is 8.33. The molecular formula is C16H33Cl2N3O2. The molecule has 0 radical (unpaired) electrons. The van der Waals surface area contributed by atoms with Crippen LogP contribution >= 0.6 is 24.8 Å². The summed E-state index contributed by atoms with van der Waals surface area (Å²) in [5.41, 5.74) is 5.25. The summed E-state index contributed by atoms with van der Waals surface area (Å²) >= 11 is 0. The number of nitrogens with two attached hydrogens (primary N) is 1. The van der Waals surface area contributed by atoms with Gasteiger partial charge in [0.1, 0.15) is 5.54 Å². The van der Waals surface area contributed by atoms with E-state index in [1.165, 1.54) is 19.3 Å². The van der Waals surface area contributed by atoms with Crippen molar-refractivity contribution >= 4 is 30.7 Å². The van der Waals surface area contributed by atoms with Gasteiger partial charge in [-0.25, -0.2) is 0 Å². The molecule has 7 heteroatoms. The molecule has 1 saturated heterocycles. The van der Waals surface area contributed by atoms with Crippen molar-refractivity contribution in [3.63, 3.8) is 0 Å². The third-order valence-electron chi connectivity index (χ3n) is 5.40. The molecule has 2 aliphatic rings. The summed E-state index contributed by atoms with van der Waals surface area (Å²) in [5.74, 6) is -0.0273. The van der Waals surface area contributed by atoms with Gasteiger partial charge in [0.25, 0.3) is 0 Å². The van der Waals surface area contributed by atoms with Crippen LogP contribution in [0.4, 0.5) is 0 Å². The molecular weight excluding hydrogens is 337 g/mol. The zero-order chi connectivity index (χ0) is 15.5. The Labute approximate surface area is 152 Å². The summed E-state index contributed by atoms with van der Waals surface area (Å²) in [6.07, 6.45) is 4.58. The predicted octanol–water partition coefficient (Wildman–Crippen LogP) is 1.96. The molecule has 5 nitrogen and oxygen atoms in total. The summed E-state index contributed by atoms with van der Waals surface area (Å²) in [5, 5.41) is 3.03. The molecule has 138 valence electrons. The summed E-state index contributed by atoms with van der Waals surface area (Å²) < 4.78 is 5.67. The van der Waals surface area contributed by atoms with Crippen molar-refractivity contribution in [2.45, 2.75) is 58.1 Å². The first-order chi connectivity index (χ1) is 9.91. The molecule has 2 fully saturated rings. The van der Waals surface area contributed by atoms with Gasteiger partial charge in [-0.2, -0.15) is 0 Å². The molecule has 0 bridgehead atoms. The number of carbonyl (C=O) groups is 1. The molecule has 0 aromatic carbocycles. The van der Waals surface area contributed by atoms with Crippen molar-refractivity contribution in [3.8, 4) is 0 Å². The highest BCUT2D eigenvalue weighted by Crippen LogP contribution is 2.49. The minimum absolute atomic E-state index is 0. The highest BCUT2D eigenvalue weighted by atomic mass is 35.5. The summed E-state index contributed by atoms with van der Waals surface area (Å²) in [7, 11) is 0. The number of nitrogens with zero attached hydrogens (tertiary/aromatic N) is 1. The standard InChI is InChI=1S/C16H31N3O2.2ClH/c1-4-21-13-12-16(17,15(13,2)3)14(20)18-8-11-19-9-6-5-7-10-19;;/h13H,4-12,17H2,1-3H3,(H,18,20);2*1H. The number of nitrogens with one attached hydrogen (secondary N) is 1. The highest BCUT2D eigenvalue weighted by Gasteiger charge is 2.62. The maximum atomic E-state index is 12.4. The molecule has 2 unspecified atom stereocenters. The monoisotopic (exact) mass is 369 g/mol. The number of likely N-dealkylation sites (tertiary alicyclic amines) is 1. The van der Waals surface area contributed by atoms with E-state index in [4.69, 9.17) is 10.5 Å². The van der Waals surface area contributed by atoms with E-state index >= 15 is 0 Å². The Morgan fingerprint density at radius 3 is 2.39 bits per heavy atom. The lowest BCUT2D eigenvalue weighted by atomic mass is 9.54. The number of rotatable bonds is 6. The quantitative estimate of drug-likeness (QED) is 0.750. The van der Waals surface area contributed by atoms with E-state index in [-0.39, 0.29) is 42.2 Å². The van der Waals surface area contributed by atoms with Gasteiger partial charge in [0.2, 0.25) is 5.91 Å². The number of halogens is 2. The van der Waals surface area contributed by atoms with Crippen molar-refractivity contribution in [2.24, 2.45) is 11.1 Å². The molecule has 1 saturated carbocycles. The molecule has 1 aliphatic heterocycles. The van der Waals surface area contributed by atoms with Gasteiger partial charge in [-0.05, 0) is 32.9 Å². The maximum absolute atomic E-state index is 12.4. The van der Waals surface area contributed by atoms with Gasteiger partial charge in [0.15, 0.2) is 0 Å². The second-order valence-electron chi connectivity index (χ2n) is 7.00. The van der Waals surface area contributed by atoms with Gasteiger partial charge in [0.05, 0.1) is 6.10 Å². The van der Waals surface area contributed by atoms with Gasteiger partial charge in [-0.1, -0.05) is 20.3 Å². The second kappa shape index (κ2) is 9.42. The molecule has 3 N–H and O–H groups in total. The van der Waals surface area contributed by atoms with Crippen molar-refractivity contribution < 1.29 is 9.53 Å². The topological polar surface area (TPSA) is 67.6 Å². The highest BCUT2D eigenvalue weighted by molar-refractivity contribution is 5.88. The number of piperidine rings is 1. The Morgan fingerprint density at radius 2 is 1.87 bits per heavy atom. The van der Waals surface area contributed by atoms with E-state index in [0.717, 1.165) is 19.6 Å². The van der Waals surface area contributed by atoms with Crippen LogP contribution in [-0.4, -0.2) is 55.2 Å². The Balaban J connectivity index is 0.00000242. The van der Waals surface area contributed by atoms with Crippen LogP contribution in [0.25, 0.3) is 0 Å². The third kappa shape index (κ3) is 4.73. The maximum Gasteiger partial charge on any atom is 0.240 e. The minimum atomic E-state index is -0.797.